The summed E-state index contributed by atoms with van der Waals surface area (Å²) in [5, 5.41) is 0.599. The van der Waals surface area contributed by atoms with Crippen molar-refractivity contribution < 1.29 is 14.3 Å². The molecule has 5 nitrogen and oxygen atoms in total. The summed E-state index contributed by atoms with van der Waals surface area (Å²) in [5.41, 5.74) is 3.73. The maximum Gasteiger partial charge on any atom is 0.246 e. The average molecular weight is 513 g/mol. The Morgan fingerprint density at radius 1 is 0.919 bits per heavy atom. The first kappa shape index (κ1) is 26.0. The van der Waals surface area contributed by atoms with Crippen LogP contribution in [0.3, 0.4) is 0 Å². The summed E-state index contributed by atoms with van der Waals surface area (Å²) >= 11 is 6.26. The van der Waals surface area contributed by atoms with Crippen molar-refractivity contribution in [3.63, 3.8) is 0 Å². The van der Waals surface area contributed by atoms with Gasteiger partial charge in [-0.2, -0.15) is 0 Å². The molecule has 0 atom stereocenters. The summed E-state index contributed by atoms with van der Waals surface area (Å²) in [5.74, 6) is 1.16. The smallest absolute Gasteiger partial charge is 0.246 e. The van der Waals surface area contributed by atoms with E-state index in [-0.39, 0.29) is 5.91 Å². The van der Waals surface area contributed by atoms with Gasteiger partial charge in [0.25, 0.3) is 0 Å². The summed E-state index contributed by atoms with van der Waals surface area (Å²) in [6.07, 6.45) is 5.72. The van der Waals surface area contributed by atoms with Crippen molar-refractivity contribution in [2.75, 3.05) is 13.7 Å². The van der Waals surface area contributed by atoms with Gasteiger partial charge in [0.15, 0.2) is 11.5 Å². The molecule has 4 aromatic rings. The highest BCUT2D eigenvalue weighted by atomic mass is 35.5. The van der Waals surface area contributed by atoms with Gasteiger partial charge < -0.3 is 14.4 Å². The van der Waals surface area contributed by atoms with Gasteiger partial charge in [-0.1, -0.05) is 72.3 Å². The number of hydrogen-bond acceptors (Lipinski definition) is 4. The standard InChI is InChI=1S/C31H29ClN2O3/c1-36-30-21-25(14-16-29(30)37-23-24-9-3-2-4-10-24)22-34(20-18-27-12-7-8-19-33-27)31(35)17-15-26-11-5-6-13-28(26)32/h2-17,19,21H,18,20,22-23H2,1H3/b17-15+. The highest BCUT2D eigenvalue weighted by Gasteiger charge is 2.14. The SMILES string of the molecule is COc1cc(CN(CCc2ccccn2)C(=O)/C=C/c2ccccc2Cl)ccc1OCc1ccccc1. The molecule has 188 valence electrons. The number of halogens is 1. The zero-order valence-electron chi connectivity index (χ0n) is 20.7. The lowest BCUT2D eigenvalue weighted by Crippen LogP contribution is -2.31. The van der Waals surface area contributed by atoms with Crippen molar-refractivity contribution in [3.05, 3.63) is 131 Å². The van der Waals surface area contributed by atoms with Crippen molar-refractivity contribution in [1.29, 1.82) is 0 Å². The van der Waals surface area contributed by atoms with Gasteiger partial charge in [0, 0.05) is 42.5 Å². The number of nitrogens with zero attached hydrogens (tertiary/aromatic N) is 2. The molecule has 0 bridgehead atoms. The highest BCUT2D eigenvalue weighted by molar-refractivity contribution is 6.32. The normalized spacial score (nSPS) is 10.9. The number of hydrogen-bond donors (Lipinski definition) is 0. The molecular weight excluding hydrogens is 484 g/mol. The first-order chi connectivity index (χ1) is 18.1. The van der Waals surface area contributed by atoms with E-state index in [0.29, 0.717) is 42.6 Å². The fraction of sp³-hybridized carbons (Fsp3) is 0.161. The first-order valence-electron chi connectivity index (χ1n) is 12.1. The van der Waals surface area contributed by atoms with Crippen molar-refractivity contribution in [2.24, 2.45) is 0 Å². The van der Waals surface area contributed by atoms with Crippen LogP contribution < -0.4 is 9.47 Å². The maximum atomic E-state index is 13.3. The zero-order valence-corrected chi connectivity index (χ0v) is 21.5. The summed E-state index contributed by atoms with van der Waals surface area (Å²) in [7, 11) is 1.62. The number of carbonyl (C=O) groups excluding carboxylic acids is 1. The third kappa shape index (κ3) is 7.69. The van der Waals surface area contributed by atoms with E-state index < -0.39 is 0 Å². The van der Waals surface area contributed by atoms with Gasteiger partial charge >= 0.3 is 0 Å². The van der Waals surface area contributed by atoms with Crippen LogP contribution in [-0.4, -0.2) is 29.4 Å². The van der Waals surface area contributed by atoms with Crippen LogP contribution in [0.25, 0.3) is 6.08 Å². The summed E-state index contributed by atoms with van der Waals surface area (Å²) in [6, 6.07) is 29.0. The largest absolute Gasteiger partial charge is 0.493 e. The molecule has 1 amide bonds. The second-order valence-corrected chi connectivity index (χ2v) is 8.85. The minimum Gasteiger partial charge on any atom is -0.493 e. The predicted molar refractivity (Wildman–Crippen MR) is 148 cm³/mol. The molecule has 6 heteroatoms. The Balaban J connectivity index is 1.50. The van der Waals surface area contributed by atoms with E-state index in [9.17, 15) is 4.79 Å². The van der Waals surface area contributed by atoms with E-state index in [1.165, 1.54) is 0 Å². The molecule has 37 heavy (non-hydrogen) atoms. The lowest BCUT2D eigenvalue weighted by molar-refractivity contribution is -0.126. The van der Waals surface area contributed by atoms with Crippen LogP contribution in [0.1, 0.15) is 22.4 Å². The lowest BCUT2D eigenvalue weighted by Gasteiger charge is -2.22. The van der Waals surface area contributed by atoms with Crippen molar-refractivity contribution in [1.82, 2.24) is 9.88 Å². The minimum atomic E-state index is -0.112. The molecule has 1 heterocycles. The number of carbonyl (C=O) groups is 1. The zero-order chi connectivity index (χ0) is 25.9. The molecule has 0 N–H and O–H groups in total. The van der Waals surface area contributed by atoms with E-state index in [1.54, 1.807) is 36.4 Å². The number of ether oxygens (including phenoxy) is 2. The van der Waals surface area contributed by atoms with E-state index >= 15 is 0 Å². The topological polar surface area (TPSA) is 51.7 Å². The van der Waals surface area contributed by atoms with Crippen LogP contribution in [0.15, 0.2) is 103 Å². The Labute approximate surface area is 223 Å². The van der Waals surface area contributed by atoms with Gasteiger partial charge in [-0.25, -0.2) is 0 Å². The second-order valence-electron chi connectivity index (χ2n) is 8.45. The number of aromatic nitrogens is 1. The van der Waals surface area contributed by atoms with Crippen molar-refractivity contribution >= 4 is 23.6 Å². The average Bonchev–Trinajstić information content (AvgIpc) is 2.95. The van der Waals surface area contributed by atoms with Crippen LogP contribution in [-0.2, 0) is 24.4 Å². The third-order valence-electron chi connectivity index (χ3n) is 5.83. The minimum absolute atomic E-state index is 0.112. The molecule has 4 rings (SSSR count). The third-order valence-corrected chi connectivity index (χ3v) is 6.17. The molecular formula is C31H29ClN2O3. The summed E-state index contributed by atoms with van der Waals surface area (Å²) in [6.45, 7) is 1.36. The van der Waals surface area contributed by atoms with Crippen LogP contribution in [0.5, 0.6) is 11.5 Å². The van der Waals surface area contributed by atoms with Crippen LogP contribution >= 0.6 is 11.6 Å². The van der Waals surface area contributed by atoms with Crippen LogP contribution in [0, 0.1) is 0 Å². The molecule has 0 saturated heterocycles. The lowest BCUT2D eigenvalue weighted by atomic mass is 10.1. The Kier molecular flexibility index (Phi) is 9.33. The maximum absolute atomic E-state index is 13.3. The Hall–Kier alpha value is -4.09. The molecule has 3 aromatic carbocycles. The molecule has 0 aliphatic rings. The molecule has 0 spiro atoms. The van der Waals surface area contributed by atoms with Gasteiger partial charge in [0.2, 0.25) is 5.91 Å². The van der Waals surface area contributed by atoms with E-state index in [0.717, 1.165) is 22.4 Å². The molecule has 0 aliphatic heterocycles. The quantitative estimate of drug-likeness (QED) is 0.212. The van der Waals surface area contributed by atoms with E-state index in [2.05, 4.69) is 4.98 Å². The summed E-state index contributed by atoms with van der Waals surface area (Å²) < 4.78 is 11.6. The van der Waals surface area contributed by atoms with Crippen LogP contribution in [0.4, 0.5) is 0 Å². The van der Waals surface area contributed by atoms with E-state index in [1.807, 2.05) is 84.9 Å². The fourth-order valence-electron chi connectivity index (χ4n) is 3.82. The van der Waals surface area contributed by atoms with Crippen LogP contribution in [0.2, 0.25) is 5.02 Å². The van der Waals surface area contributed by atoms with Gasteiger partial charge in [-0.3, -0.25) is 9.78 Å². The predicted octanol–water partition coefficient (Wildman–Crippen LogP) is 6.61. The second kappa shape index (κ2) is 13.3. The van der Waals surface area contributed by atoms with Gasteiger partial charge in [0.1, 0.15) is 6.61 Å². The van der Waals surface area contributed by atoms with Crippen molar-refractivity contribution in [3.8, 4) is 11.5 Å². The van der Waals surface area contributed by atoms with Gasteiger partial charge in [0.05, 0.1) is 7.11 Å². The van der Waals surface area contributed by atoms with Gasteiger partial charge in [-0.05, 0) is 53.1 Å². The number of pyridine rings is 1. The molecule has 0 unspecified atom stereocenters. The molecule has 0 radical (unpaired) electrons. The number of methoxy groups -OCH3 is 1. The molecule has 0 fully saturated rings. The Morgan fingerprint density at radius 2 is 1.70 bits per heavy atom. The van der Waals surface area contributed by atoms with E-state index in [4.69, 9.17) is 21.1 Å². The molecule has 1 aromatic heterocycles. The summed E-state index contributed by atoms with van der Waals surface area (Å²) in [4.78, 5) is 19.4. The molecule has 0 saturated carbocycles. The fourth-order valence-corrected chi connectivity index (χ4v) is 4.02. The molecule has 0 aliphatic carbocycles. The Morgan fingerprint density at radius 3 is 2.46 bits per heavy atom. The van der Waals surface area contributed by atoms with Crippen molar-refractivity contribution in [2.45, 2.75) is 19.6 Å². The monoisotopic (exact) mass is 512 g/mol. The van der Waals surface area contributed by atoms with Gasteiger partial charge in [-0.15, -0.1) is 0 Å². The number of amides is 1. The highest BCUT2D eigenvalue weighted by Crippen LogP contribution is 2.29. The number of benzene rings is 3. The Bertz CT molecular complexity index is 1330. The first-order valence-corrected chi connectivity index (χ1v) is 12.5. The number of rotatable bonds is 11.